The van der Waals surface area contributed by atoms with Gasteiger partial charge < -0.3 is 10.3 Å². The number of aromatic nitrogens is 1. The highest BCUT2D eigenvalue weighted by molar-refractivity contribution is 6.03. The van der Waals surface area contributed by atoms with Crippen molar-refractivity contribution in [2.45, 2.75) is 57.5 Å². The number of hydrogen-bond acceptors (Lipinski definition) is 2. The lowest BCUT2D eigenvalue weighted by Crippen LogP contribution is -2.53. The number of para-hydroxylation sites is 1. The highest BCUT2D eigenvalue weighted by Gasteiger charge is 2.51. The van der Waals surface area contributed by atoms with E-state index in [4.69, 9.17) is 0 Å². The van der Waals surface area contributed by atoms with Crippen LogP contribution in [0.3, 0.4) is 0 Å². The van der Waals surface area contributed by atoms with Crippen LogP contribution in [0.2, 0.25) is 0 Å². The molecule has 3 heterocycles. The van der Waals surface area contributed by atoms with Gasteiger partial charge in [-0.1, -0.05) is 31.5 Å². The van der Waals surface area contributed by atoms with Gasteiger partial charge in [0.2, 0.25) is 0 Å². The second-order valence-electron chi connectivity index (χ2n) is 7.04. The highest BCUT2D eigenvalue weighted by atomic mass is 16.1. The molecule has 2 saturated heterocycles. The van der Waals surface area contributed by atoms with Crippen molar-refractivity contribution in [3.8, 4) is 0 Å². The van der Waals surface area contributed by atoms with Gasteiger partial charge in [-0.15, -0.1) is 0 Å². The molecule has 2 N–H and O–H groups in total. The van der Waals surface area contributed by atoms with Crippen LogP contribution in [0.5, 0.6) is 0 Å². The molecular formula is C19H24N2O. The Hall–Kier alpha value is -1.61. The largest absolute Gasteiger partial charge is 0.352 e. The van der Waals surface area contributed by atoms with Crippen LogP contribution in [0.4, 0.5) is 0 Å². The predicted octanol–water partition coefficient (Wildman–Crippen LogP) is 4.05. The molecule has 116 valence electrons. The zero-order valence-corrected chi connectivity index (χ0v) is 13.2. The molecule has 3 heteroatoms. The van der Waals surface area contributed by atoms with E-state index in [1.165, 1.54) is 6.42 Å². The quantitative estimate of drug-likeness (QED) is 0.836. The zero-order chi connectivity index (χ0) is 15.2. The Morgan fingerprint density at radius 2 is 2.14 bits per heavy atom. The van der Waals surface area contributed by atoms with Crippen molar-refractivity contribution >= 4 is 16.7 Å². The van der Waals surface area contributed by atoms with Gasteiger partial charge in [0.15, 0.2) is 5.78 Å². The lowest BCUT2D eigenvalue weighted by molar-refractivity contribution is 0.0612. The van der Waals surface area contributed by atoms with E-state index in [2.05, 4.69) is 23.3 Å². The number of aromatic amines is 1. The molecule has 2 bridgehead atoms. The lowest BCUT2D eigenvalue weighted by Gasteiger charge is -2.41. The number of rotatable bonds is 4. The monoisotopic (exact) mass is 296 g/mol. The first-order valence-corrected chi connectivity index (χ1v) is 8.61. The Bertz CT molecular complexity index is 671. The first-order chi connectivity index (χ1) is 10.7. The van der Waals surface area contributed by atoms with Crippen LogP contribution >= 0.6 is 0 Å². The van der Waals surface area contributed by atoms with E-state index in [-0.39, 0.29) is 5.41 Å². The zero-order valence-electron chi connectivity index (χ0n) is 13.2. The topological polar surface area (TPSA) is 44.9 Å². The number of hydrogen-bond donors (Lipinski definition) is 2. The second kappa shape index (κ2) is 5.24. The SMILES string of the molecule is CCC[C@@]1(C(=O)c2cc3ccccc3[nH]2)CCC2CC[C@H]1N2. The summed E-state index contributed by atoms with van der Waals surface area (Å²) in [5.41, 5.74) is 1.65. The Balaban J connectivity index is 1.74. The molecule has 3 nitrogen and oxygen atoms in total. The lowest BCUT2D eigenvalue weighted by atomic mass is 9.67. The van der Waals surface area contributed by atoms with Crippen LogP contribution in [0.25, 0.3) is 10.9 Å². The minimum atomic E-state index is -0.206. The van der Waals surface area contributed by atoms with Crippen molar-refractivity contribution in [1.29, 1.82) is 0 Å². The van der Waals surface area contributed by atoms with Crippen molar-refractivity contribution in [3.05, 3.63) is 36.0 Å². The number of carbonyl (C=O) groups excluding carboxylic acids is 1. The van der Waals surface area contributed by atoms with E-state index < -0.39 is 0 Å². The Morgan fingerprint density at radius 1 is 1.27 bits per heavy atom. The van der Waals surface area contributed by atoms with Crippen LogP contribution in [0, 0.1) is 5.41 Å². The summed E-state index contributed by atoms with van der Waals surface area (Å²) in [7, 11) is 0. The van der Waals surface area contributed by atoms with Gasteiger partial charge in [-0.05, 0) is 44.2 Å². The number of Topliss-reactive ketones (excluding diaryl/α,β-unsaturated/α-hetero) is 1. The van der Waals surface area contributed by atoms with Crippen LogP contribution in [-0.4, -0.2) is 22.9 Å². The number of benzene rings is 1. The van der Waals surface area contributed by atoms with Gasteiger partial charge in [-0.2, -0.15) is 0 Å². The fraction of sp³-hybridized carbons (Fsp3) is 0.526. The number of carbonyl (C=O) groups is 1. The van der Waals surface area contributed by atoms with Crippen LogP contribution < -0.4 is 5.32 Å². The summed E-state index contributed by atoms with van der Waals surface area (Å²) in [6.07, 6.45) is 6.62. The average Bonchev–Trinajstić information content (AvgIpc) is 3.14. The van der Waals surface area contributed by atoms with Gasteiger partial charge in [0.25, 0.3) is 0 Å². The standard InChI is InChI=1S/C19H24N2O/c1-2-10-19(11-9-14-7-8-17(19)20-14)18(22)16-12-13-5-3-4-6-15(13)21-16/h3-6,12,14,17,20-21H,2,7-11H2,1H3/t14?,17-,19-/m1/s1. The fourth-order valence-electron chi connectivity index (χ4n) is 4.68. The molecular weight excluding hydrogens is 272 g/mol. The summed E-state index contributed by atoms with van der Waals surface area (Å²) in [6, 6.07) is 11.2. The summed E-state index contributed by atoms with van der Waals surface area (Å²) in [5.74, 6) is 0.323. The van der Waals surface area contributed by atoms with E-state index in [0.717, 1.165) is 48.7 Å². The number of nitrogens with one attached hydrogen (secondary N) is 2. The molecule has 3 atom stereocenters. The Morgan fingerprint density at radius 3 is 2.95 bits per heavy atom. The maximum atomic E-state index is 13.4. The summed E-state index contributed by atoms with van der Waals surface area (Å²) >= 11 is 0. The fourth-order valence-corrected chi connectivity index (χ4v) is 4.68. The summed E-state index contributed by atoms with van der Waals surface area (Å²) in [4.78, 5) is 16.8. The predicted molar refractivity (Wildman–Crippen MR) is 89.1 cm³/mol. The Labute approximate surface area is 131 Å². The molecule has 2 aromatic rings. The molecule has 0 radical (unpaired) electrons. The molecule has 22 heavy (non-hydrogen) atoms. The van der Waals surface area contributed by atoms with Gasteiger partial charge in [-0.3, -0.25) is 4.79 Å². The molecule has 0 aliphatic carbocycles. The minimum absolute atomic E-state index is 0.206. The molecule has 1 aromatic heterocycles. The van der Waals surface area contributed by atoms with E-state index in [1.54, 1.807) is 0 Å². The van der Waals surface area contributed by atoms with E-state index >= 15 is 0 Å². The number of H-pyrrole nitrogens is 1. The highest BCUT2D eigenvalue weighted by Crippen LogP contribution is 2.46. The van der Waals surface area contributed by atoms with Crippen molar-refractivity contribution in [2.24, 2.45) is 5.41 Å². The summed E-state index contributed by atoms with van der Waals surface area (Å²) < 4.78 is 0. The third-order valence-corrected chi connectivity index (χ3v) is 5.77. The van der Waals surface area contributed by atoms with Gasteiger partial charge in [0, 0.05) is 23.0 Å². The first kappa shape index (κ1) is 14.0. The van der Waals surface area contributed by atoms with Gasteiger partial charge in [0.05, 0.1) is 11.1 Å². The number of fused-ring (bicyclic) bond motifs is 3. The molecule has 0 saturated carbocycles. The smallest absolute Gasteiger partial charge is 0.186 e. The van der Waals surface area contributed by atoms with E-state index in [1.807, 2.05) is 24.3 Å². The van der Waals surface area contributed by atoms with Crippen molar-refractivity contribution in [1.82, 2.24) is 10.3 Å². The molecule has 4 rings (SSSR count). The summed E-state index contributed by atoms with van der Waals surface area (Å²) in [6.45, 7) is 2.20. The normalized spacial score (nSPS) is 30.8. The molecule has 2 fully saturated rings. The maximum absolute atomic E-state index is 13.4. The molecule has 0 spiro atoms. The van der Waals surface area contributed by atoms with Crippen LogP contribution in [-0.2, 0) is 0 Å². The van der Waals surface area contributed by atoms with Crippen LogP contribution in [0.1, 0.15) is 55.9 Å². The van der Waals surface area contributed by atoms with Crippen molar-refractivity contribution < 1.29 is 4.79 Å². The molecule has 2 aliphatic rings. The van der Waals surface area contributed by atoms with E-state index in [0.29, 0.717) is 17.9 Å². The first-order valence-electron chi connectivity index (χ1n) is 8.61. The number of piperidine rings is 1. The van der Waals surface area contributed by atoms with Gasteiger partial charge in [0.1, 0.15) is 0 Å². The summed E-state index contributed by atoms with van der Waals surface area (Å²) in [5, 5.41) is 4.85. The molecule has 1 unspecified atom stereocenters. The minimum Gasteiger partial charge on any atom is -0.352 e. The van der Waals surface area contributed by atoms with E-state index in [9.17, 15) is 4.79 Å². The van der Waals surface area contributed by atoms with Crippen LogP contribution in [0.15, 0.2) is 30.3 Å². The van der Waals surface area contributed by atoms with Crippen molar-refractivity contribution in [3.63, 3.8) is 0 Å². The molecule has 2 aliphatic heterocycles. The maximum Gasteiger partial charge on any atom is 0.186 e. The third kappa shape index (κ3) is 2.03. The molecule has 0 amide bonds. The molecule has 1 aromatic carbocycles. The third-order valence-electron chi connectivity index (χ3n) is 5.77. The van der Waals surface area contributed by atoms with Gasteiger partial charge >= 0.3 is 0 Å². The van der Waals surface area contributed by atoms with Crippen molar-refractivity contribution in [2.75, 3.05) is 0 Å². The van der Waals surface area contributed by atoms with Gasteiger partial charge in [-0.25, -0.2) is 0 Å². The Kier molecular flexibility index (Phi) is 3.33. The average molecular weight is 296 g/mol. The number of ketones is 1. The second-order valence-corrected chi connectivity index (χ2v) is 7.04.